The first kappa shape index (κ1) is 30.6. The molecule has 0 aliphatic carbocycles. The highest BCUT2D eigenvalue weighted by molar-refractivity contribution is 7.21. The highest BCUT2D eigenvalue weighted by Gasteiger charge is 2.35. The van der Waals surface area contributed by atoms with Crippen molar-refractivity contribution in [3.63, 3.8) is 0 Å². The molecule has 43 heavy (non-hydrogen) atoms. The lowest BCUT2D eigenvalue weighted by atomic mass is 10.0. The number of likely N-dealkylation sites (tertiary alicyclic amines) is 1. The number of benzene rings is 1. The zero-order chi connectivity index (χ0) is 30.8. The van der Waals surface area contributed by atoms with E-state index in [9.17, 15) is 18.8 Å². The Bertz CT molecular complexity index is 1730. The standard InChI is InChI=1S/C29H35FN6O6S/c1-17(2)33-12-6-7-21(25(33)37)35-26(38)24-18(3)27(36-31-10-11-32-36)43-28(24)34(29(35)39)16-23(42-14-13-40-4)20-15-19(30)8-9-22(20)41-5/h8-11,15,17,21,23H,6-7,12-14,16H2,1-5H3/t21?,23-/m0/s1. The Hall–Kier alpha value is -3.88. The molecule has 14 heteroatoms. The molecule has 1 aromatic carbocycles. The molecule has 4 heterocycles. The molecule has 3 aromatic heterocycles. The van der Waals surface area contributed by atoms with Gasteiger partial charge in [0.2, 0.25) is 5.91 Å². The summed E-state index contributed by atoms with van der Waals surface area (Å²) in [5.74, 6) is -0.396. The lowest BCUT2D eigenvalue weighted by Crippen LogP contribution is -2.52. The smallest absolute Gasteiger partial charge is 0.332 e. The van der Waals surface area contributed by atoms with Crippen molar-refractivity contribution in [2.24, 2.45) is 0 Å². The zero-order valence-electron chi connectivity index (χ0n) is 24.8. The molecule has 1 saturated heterocycles. The van der Waals surface area contributed by atoms with Crippen LogP contribution in [0.25, 0.3) is 15.2 Å². The van der Waals surface area contributed by atoms with Gasteiger partial charge in [-0.15, -0.1) is 4.80 Å². The second kappa shape index (κ2) is 12.8. The molecule has 0 saturated carbocycles. The summed E-state index contributed by atoms with van der Waals surface area (Å²) in [6.45, 7) is 6.45. The maximum absolute atomic E-state index is 14.5. The van der Waals surface area contributed by atoms with Crippen molar-refractivity contribution in [1.82, 2.24) is 29.0 Å². The first-order chi connectivity index (χ1) is 20.7. The molecule has 5 rings (SSSR count). The first-order valence-electron chi connectivity index (χ1n) is 14.1. The number of methoxy groups -OCH3 is 2. The molecule has 1 aliphatic heterocycles. The molecular weight excluding hydrogens is 579 g/mol. The van der Waals surface area contributed by atoms with Gasteiger partial charge in [0.25, 0.3) is 5.56 Å². The molecule has 1 aliphatic rings. The number of rotatable bonds is 11. The van der Waals surface area contributed by atoms with Gasteiger partial charge in [-0.3, -0.25) is 14.2 Å². The second-order valence-electron chi connectivity index (χ2n) is 10.6. The molecule has 0 radical (unpaired) electrons. The van der Waals surface area contributed by atoms with Crippen LogP contribution in [0.3, 0.4) is 0 Å². The van der Waals surface area contributed by atoms with Gasteiger partial charge in [0.1, 0.15) is 33.5 Å². The van der Waals surface area contributed by atoms with Gasteiger partial charge in [-0.25, -0.2) is 13.8 Å². The number of carbonyl (C=O) groups excluding carboxylic acids is 1. The predicted octanol–water partition coefficient (Wildman–Crippen LogP) is 3.24. The summed E-state index contributed by atoms with van der Waals surface area (Å²) in [5, 5.41) is 9.30. The van der Waals surface area contributed by atoms with Crippen molar-refractivity contribution in [3.8, 4) is 10.8 Å². The van der Waals surface area contributed by atoms with Gasteiger partial charge in [-0.1, -0.05) is 11.3 Å². The van der Waals surface area contributed by atoms with Crippen LogP contribution in [0.15, 0.2) is 40.2 Å². The lowest BCUT2D eigenvalue weighted by Gasteiger charge is -2.35. The van der Waals surface area contributed by atoms with Crippen LogP contribution in [0.2, 0.25) is 0 Å². The molecule has 2 atom stereocenters. The molecule has 4 aromatic rings. The van der Waals surface area contributed by atoms with Crippen molar-refractivity contribution < 1.29 is 23.4 Å². The molecule has 1 unspecified atom stereocenters. The number of piperidine rings is 1. The maximum atomic E-state index is 14.5. The third-order valence-electron chi connectivity index (χ3n) is 7.69. The van der Waals surface area contributed by atoms with Crippen LogP contribution in [-0.2, 0) is 20.8 Å². The minimum Gasteiger partial charge on any atom is -0.496 e. The summed E-state index contributed by atoms with van der Waals surface area (Å²) in [4.78, 5) is 45.6. The summed E-state index contributed by atoms with van der Waals surface area (Å²) in [6, 6.07) is 3.03. The molecular formula is C29H35FN6O6S. The Balaban J connectivity index is 1.75. The molecule has 0 spiro atoms. The second-order valence-corrected chi connectivity index (χ2v) is 11.6. The third kappa shape index (κ3) is 5.74. The van der Waals surface area contributed by atoms with E-state index in [4.69, 9.17) is 14.2 Å². The van der Waals surface area contributed by atoms with E-state index in [1.807, 2.05) is 13.8 Å². The monoisotopic (exact) mass is 614 g/mol. The van der Waals surface area contributed by atoms with Gasteiger partial charge in [0.05, 0.1) is 44.6 Å². The fraction of sp³-hybridized carbons (Fsp3) is 0.483. The molecule has 0 bridgehead atoms. The van der Waals surface area contributed by atoms with Crippen LogP contribution >= 0.6 is 11.3 Å². The fourth-order valence-electron chi connectivity index (χ4n) is 5.57. The number of nitrogens with zero attached hydrogens (tertiary/aromatic N) is 6. The van der Waals surface area contributed by atoms with Crippen molar-refractivity contribution >= 4 is 27.5 Å². The van der Waals surface area contributed by atoms with E-state index < -0.39 is 29.2 Å². The van der Waals surface area contributed by atoms with E-state index in [2.05, 4.69) is 10.2 Å². The number of hydrogen-bond acceptors (Lipinski definition) is 9. The van der Waals surface area contributed by atoms with Gasteiger partial charge >= 0.3 is 5.69 Å². The van der Waals surface area contributed by atoms with E-state index in [0.717, 1.165) is 4.57 Å². The van der Waals surface area contributed by atoms with Gasteiger partial charge < -0.3 is 19.1 Å². The van der Waals surface area contributed by atoms with Crippen LogP contribution in [0, 0.1) is 12.7 Å². The van der Waals surface area contributed by atoms with Crippen molar-refractivity contribution in [2.45, 2.75) is 58.3 Å². The van der Waals surface area contributed by atoms with Gasteiger partial charge in [0, 0.05) is 30.8 Å². The third-order valence-corrected chi connectivity index (χ3v) is 8.97. The van der Waals surface area contributed by atoms with E-state index in [-0.39, 0.29) is 37.1 Å². The number of ether oxygens (including phenoxy) is 3. The minimum atomic E-state index is -0.964. The number of aryl methyl sites for hydroxylation is 1. The van der Waals surface area contributed by atoms with Crippen LogP contribution in [0.4, 0.5) is 4.39 Å². The molecule has 0 N–H and O–H groups in total. The SMILES string of the molecule is COCCO[C@@H](Cn1c(=O)n(C2CCCN(C(C)C)C2=O)c(=O)c2c(C)c(-n3nccn3)sc21)c1cc(F)ccc1OC. The summed E-state index contributed by atoms with van der Waals surface area (Å²) in [6.07, 6.45) is 3.17. The topological polar surface area (TPSA) is 123 Å². The van der Waals surface area contributed by atoms with E-state index in [0.29, 0.717) is 46.1 Å². The zero-order valence-corrected chi connectivity index (χ0v) is 25.6. The highest BCUT2D eigenvalue weighted by atomic mass is 32.1. The fourth-order valence-corrected chi connectivity index (χ4v) is 6.79. The Kier molecular flexibility index (Phi) is 9.08. The predicted molar refractivity (Wildman–Crippen MR) is 159 cm³/mol. The maximum Gasteiger partial charge on any atom is 0.332 e. The lowest BCUT2D eigenvalue weighted by molar-refractivity contribution is -0.139. The molecule has 12 nitrogen and oxygen atoms in total. The molecule has 1 amide bonds. The summed E-state index contributed by atoms with van der Waals surface area (Å²) < 4.78 is 33.9. The summed E-state index contributed by atoms with van der Waals surface area (Å²) >= 11 is 1.18. The molecule has 1 fully saturated rings. The number of aromatic nitrogens is 5. The average molecular weight is 615 g/mol. The Morgan fingerprint density at radius 1 is 1.12 bits per heavy atom. The number of thiophene rings is 1. The largest absolute Gasteiger partial charge is 0.496 e. The van der Waals surface area contributed by atoms with E-state index in [1.54, 1.807) is 11.8 Å². The Morgan fingerprint density at radius 3 is 2.53 bits per heavy atom. The first-order valence-corrected chi connectivity index (χ1v) is 14.9. The Labute approximate surface area is 251 Å². The quantitative estimate of drug-likeness (QED) is 0.236. The number of halogens is 1. The minimum absolute atomic E-state index is 0.0867. The van der Waals surface area contributed by atoms with Crippen LogP contribution in [0.5, 0.6) is 5.75 Å². The van der Waals surface area contributed by atoms with Crippen LogP contribution in [-0.4, -0.2) is 75.0 Å². The number of fused-ring (bicyclic) bond motifs is 1. The van der Waals surface area contributed by atoms with Crippen LogP contribution < -0.4 is 16.0 Å². The number of hydrogen-bond donors (Lipinski definition) is 0. The average Bonchev–Trinajstić information content (AvgIpc) is 3.63. The molecule has 230 valence electrons. The van der Waals surface area contributed by atoms with E-state index in [1.165, 1.54) is 65.5 Å². The normalized spacial score (nSPS) is 16.4. The van der Waals surface area contributed by atoms with E-state index >= 15 is 0 Å². The van der Waals surface area contributed by atoms with Crippen molar-refractivity contribution in [1.29, 1.82) is 0 Å². The van der Waals surface area contributed by atoms with Gasteiger partial charge in [-0.2, -0.15) is 10.2 Å². The van der Waals surface area contributed by atoms with Gasteiger partial charge in [0.15, 0.2) is 0 Å². The van der Waals surface area contributed by atoms with Crippen LogP contribution in [0.1, 0.15) is 50.0 Å². The number of amides is 1. The Morgan fingerprint density at radius 2 is 1.86 bits per heavy atom. The van der Waals surface area contributed by atoms with Crippen molar-refractivity contribution in [3.05, 3.63) is 68.4 Å². The van der Waals surface area contributed by atoms with Gasteiger partial charge in [-0.05, 0) is 51.8 Å². The van der Waals surface area contributed by atoms with Crippen molar-refractivity contribution in [2.75, 3.05) is 34.0 Å². The summed E-state index contributed by atoms with van der Waals surface area (Å²) in [5.41, 5.74) is -0.239. The highest BCUT2D eigenvalue weighted by Crippen LogP contribution is 2.34. The summed E-state index contributed by atoms with van der Waals surface area (Å²) in [7, 11) is 3.00. The number of carbonyl (C=O) groups is 1.